The molecule has 1 heterocycles. The van der Waals surface area contributed by atoms with Crippen molar-refractivity contribution in [2.45, 2.75) is 51.5 Å². The van der Waals surface area contributed by atoms with Crippen molar-refractivity contribution in [3.8, 4) is 0 Å². The molecule has 1 aliphatic rings. The molecule has 5 nitrogen and oxygen atoms in total. The summed E-state index contributed by atoms with van der Waals surface area (Å²) in [5.41, 5.74) is 2.42. The normalized spacial score (nSPS) is 16.2. The van der Waals surface area contributed by atoms with Crippen molar-refractivity contribution in [3.05, 3.63) is 51.0 Å². The third-order valence-corrected chi connectivity index (χ3v) is 6.30. The lowest BCUT2D eigenvalue weighted by Gasteiger charge is -2.30. The summed E-state index contributed by atoms with van der Waals surface area (Å²) in [5.74, 6) is -0.812. The largest absolute Gasteiger partial charge is 0.478 e. The molecule has 138 valence electrons. The molecule has 0 spiro atoms. The molecule has 0 saturated carbocycles. The van der Waals surface area contributed by atoms with E-state index in [1.54, 1.807) is 35.6 Å². The summed E-state index contributed by atoms with van der Waals surface area (Å²) in [6.45, 7) is 2.11. The van der Waals surface area contributed by atoms with Crippen LogP contribution in [-0.4, -0.2) is 33.9 Å². The maximum Gasteiger partial charge on any atom is 0.335 e. The Labute approximate surface area is 157 Å². The molecule has 6 heteroatoms. The number of fused-ring (bicyclic) bond motifs is 1. The molecule has 1 aliphatic carbocycles. The van der Waals surface area contributed by atoms with Gasteiger partial charge in [-0.15, -0.1) is 11.3 Å². The highest BCUT2D eigenvalue weighted by molar-refractivity contribution is 7.11. The highest BCUT2D eigenvalue weighted by Gasteiger charge is 2.29. The first-order valence-electron chi connectivity index (χ1n) is 9.06. The summed E-state index contributed by atoms with van der Waals surface area (Å²) < 4.78 is 0. The van der Waals surface area contributed by atoms with Crippen molar-refractivity contribution >= 4 is 23.2 Å². The monoisotopic (exact) mass is 372 g/mol. The van der Waals surface area contributed by atoms with Crippen molar-refractivity contribution in [1.29, 1.82) is 0 Å². The van der Waals surface area contributed by atoms with E-state index in [1.165, 1.54) is 10.6 Å². The minimum Gasteiger partial charge on any atom is -0.478 e. The second-order valence-corrected chi connectivity index (χ2v) is 7.80. The Kier molecular flexibility index (Phi) is 5.71. The summed E-state index contributed by atoms with van der Waals surface area (Å²) in [6.07, 6.45) is 5.06. The third-order valence-electron chi connectivity index (χ3n) is 4.96. The molecule has 0 fully saturated rings. The fourth-order valence-corrected chi connectivity index (χ4v) is 4.62. The number of hydrogen-bond donors (Lipinski definition) is 1. The number of carboxylic acid groups (broad SMARTS) is 1. The molecule has 0 radical (unpaired) electrons. The fourth-order valence-electron chi connectivity index (χ4n) is 3.38. The van der Waals surface area contributed by atoms with Crippen LogP contribution in [0.3, 0.4) is 0 Å². The molecule has 1 N–H and O–H groups in total. The van der Waals surface area contributed by atoms with Gasteiger partial charge in [-0.05, 0) is 49.8 Å². The number of nitrogens with zero attached hydrogens (tertiary/aromatic N) is 2. The summed E-state index contributed by atoms with van der Waals surface area (Å²) in [4.78, 5) is 31.4. The van der Waals surface area contributed by atoms with Gasteiger partial charge in [0.05, 0.1) is 27.2 Å². The summed E-state index contributed by atoms with van der Waals surface area (Å²) in [7, 11) is 1.89. The zero-order valence-corrected chi connectivity index (χ0v) is 16.0. The predicted molar refractivity (Wildman–Crippen MR) is 102 cm³/mol. The summed E-state index contributed by atoms with van der Waals surface area (Å²) >= 11 is 1.75. The van der Waals surface area contributed by atoms with E-state index in [2.05, 4.69) is 6.92 Å². The van der Waals surface area contributed by atoms with E-state index in [1.807, 2.05) is 11.9 Å². The molecule has 1 aromatic heterocycles. The number of aromatic nitrogens is 1. The standard InChI is InChI=1S/C20H24N2O3S/c1-3-17-21-15-5-4-6-16(19(15)26-17)22(2)18(23)12-9-13-7-10-14(11-8-13)20(24)25/h7-8,10-11,16H,3-6,9,12H2,1-2H3,(H,24,25). The lowest BCUT2D eigenvalue weighted by Crippen LogP contribution is -2.32. The van der Waals surface area contributed by atoms with Crippen molar-refractivity contribution in [1.82, 2.24) is 9.88 Å². The van der Waals surface area contributed by atoms with Crippen LogP contribution in [0.2, 0.25) is 0 Å². The summed E-state index contributed by atoms with van der Waals surface area (Å²) in [6, 6.07) is 6.88. The maximum atomic E-state index is 12.7. The van der Waals surface area contributed by atoms with E-state index < -0.39 is 5.97 Å². The number of carboxylic acids is 1. The first kappa shape index (κ1) is 18.6. The molecule has 26 heavy (non-hydrogen) atoms. The number of aromatic carboxylic acids is 1. The van der Waals surface area contributed by atoms with E-state index in [-0.39, 0.29) is 17.5 Å². The number of hydrogen-bond acceptors (Lipinski definition) is 4. The molecular formula is C20H24N2O3S. The van der Waals surface area contributed by atoms with Gasteiger partial charge in [0.2, 0.25) is 5.91 Å². The van der Waals surface area contributed by atoms with Gasteiger partial charge in [0.15, 0.2) is 0 Å². The van der Waals surface area contributed by atoms with Crippen molar-refractivity contribution < 1.29 is 14.7 Å². The van der Waals surface area contributed by atoms with Crippen LogP contribution < -0.4 is 0 Å². The van der Waals surface area contributed by atoms with Crippen molar-refractivity contribution in [2.24, 2.45) is 0 Å². The van der Waals surface area contributed by atoms with Crippen LogP contribution in [0.25, 0.3) is 0 Å². The number of amides is 1. The van der Waals surface area contributed by atoms with Crippen molar-refractivity contribution in [3.63, 3.8) is 0 Å². The molecule has 1 aromatic carbocycles. The van der Waals surface area contributed by atoms with Crippen LogP contribution in [0.5, 0.6) is 0 Å². The zero-order chi connectivity index (χ0) is 18.7. The van der Waals surface area contributed by atoms with Gasteiger partial charge >= 0.3 is 5.97 Å². The minimum atomic E-state index is -0.934. The molecule has 1 amide bonds. The van der Waals surface area contributed by atoms with Crippen LogP contribution in [0.1, 0.15) is 63.7 Å². The lowest BCUT2D eigenvalue weighted by molar-refractivity contribution is -0.132. The quantitative estimate of drug-likeness (QED) is 0.835. The molecule has 2 aromatic rings. The van der Waals surface area contributed by atoms with E-state index in [4.69, 9.17) is 10.1 Å². The van der Waals surface area contributed by atoms with Gasteiger partial charge in [0.25, 0.3) is 0 Å². The van der Waals surface area contributed by atoms with Gasteiger partial charge in [-0.1, -0.05) is 19.1 Å². The first-order chi connectivity index (χ1) is 12.5. The van der Waals surface area contributed by atoms with Gasteiger partial charge in [-0.25, -0.2) is 9.78 Å². The Hall–Kier alpha value is -2.21. The Balaban J connectivity index is 1.63. The molecular weight excluding hydrogens is 348 g/mol. The second kappa shape index (κ2) is 7.99. The SMILES string of the molecule is CCc1nc2c(s1)C(N(C)C(=O)CCc1ccc(C(=O)O)cc1)CCC2. The van der Waals surface area contributed by atoms with E-state index in [0.717, 1.165) is 36.3 Å². The minimum absolute atomic E-state index is 0.122. The number of thiazole rings is 1. The van der Waals surface area contributed by atoms with Gasteiger partial charge in [0.1, 0.15) is 0 Å². The Morgan fingerprint density at radius 1 is 1.31 bits per heavy atom. The molecule has 0 aliphatic heterocycles. The topological polar surface area (TPSA) is 70.5 Å². The van der Waals surface area contributed by atoms with Crippen LogP contribution in [0.15, 0.2) is 24.3 Å². The predicted octanol–water partition coefficient (Wildman–Crippen LogP) is 3.87. The number of aryl methyl sites for hydroxylation is 3. The van der Waals surface area contributed by atoms with Crippen LogP contribution >= 0.6 is 11.3 Å². The summed E-state index contributed by atoms with van der Waals surface area (Å²) in [5, 5.41) is 10.1. The Morgan fingerprint density at radius 2 is 2.04 bits per heavy atom. The number of benzene rings is 1. The lowest BCUT2D eigenvalue weighted by atomic mass is 9.96. The third kappa shape index (κ3) is 3.96. The van der Waals surface area contributed by atoms with Crippen molar-refractivity contribution in [2.75, 3.05) is 7.05 Å². The maximum absolute atomic E-state index is 12.7. The van der Waals surface area contributed by atoms with E-state index in [9.17, 15) is 9.59 Å². The average molecular weight is 372 g/mol. The zero-order valence-electron chi connectivity index (χ0n) is 15.2. The van der Waals surface area contributed by atoms with Crippen LogP contribution in [0, 0.1) is 0 Å². The van der Waals surface area contributed by atoms with Gasteiger partial charge in [-0.3, -0.25) is 4.79 Å². The van der Waals surface area contributed by atoms with E-state index >= 15 is 0 Å². The number of carbonyl (C=O) groups excluding carboxylic acids is 1. The fraction of sp³-hybridized carbons (Fsp3) is 0.450. The second-order valence-electron chi connectivity index (χ2n) is 6.69. The number of carbonyl (C=O) groups is 2. The smallest absolute Gasteiger partial charge is 0.335 e. The van der Waals surface area contributed by atoms with Gasteiger partial charge in [0, 0.05) is 13.5 Å². The average Bonchev–Trinajstić information content (AvgIpc) is 3.09. The Morgan fingerprint density at radius 3 is 2.69 bits per heavy atom. The first-order valence-corrected chi connectivity index (χ1v) is 9.87. The van der Waals surface area contributed by atoms with Crippen LogP contribution in [-0.2, 0) is 24.1 Å². The Bertz CT molecular complexity index is 798. The van der Waals surface area contributed by atoms with Crippen LogP contribution in [0.4, 0.5) is 0 Å². The van der Waals surface area contributed by atoms with Gasteiger partial charge < -0.3 is 10.0 Å². The van der Waals surface area contributed by atoms with E-state index in [0.29, 0.717) is 12.8 Å². The number of rotatable bonds is 6. The van der Waals surface area contributed by atoms with Gasteiger partial charge in [-0.2, -0.15) is 0 Å². The molecule has 0 saturated heterocycles. The molecule has 3 rings (SSSR count). The molecule has 1 unspecified atom stereocenters. The molecule has 1 atom stereocenters. The highest BCUT2D eigenvalue weighted by atomic mass is 32.1. The highest BCUT2D eigenvalue weighted by Crippen LogP contribution is 2.37. The molecule has 0 bridgehead atoms.